The Balaban J connectivity index is -0.000000216. The molecule has 0 amide bonds. The molecule has 0 nitrogen and oxygen atoms in total. The van der Waals surface area contributed by atoms with Crippen molar-refractivity contribution in [1.82, 2.24) is 0 Å². The summed E-state index contributed by atoms with van der Waals surface area (Å²) in [6.45, 7) is 13.1. The van der Waals surface area contributed by atoms with Crippen molar-refractivity contribution >= 4 is 0 Å². The van der Waals surface area contributed by atoms with Crippen LogP contribution in [0.2, 0.25) is 0 Å². The Morgan fingerprint density at radius 3 is 2.21 bits per heavy atom. The molecular weight excluding hydrogens is 245 g/mol. The normalized spacial score (nSPS) is 11.6. The minimum Gasteiger partial charge on any atom is -0.361 e. The van der Waals surface area contributed by atoms with Crippen molar-refractivity contribution in [3.8, 4) is 0 Å². The van der Waals surface area contributed by atoms with Gasteiger partial charge in [-0.15, -0.1) is 6.08 Å². The second-order valence-electron chi connectivity index (χ2n) is 1.83. The summed E-state index contributed by atoms with van der Waals surface area (Å²) in [6, 6.07) is 0. The minimum atomic E-state index is 0. The zero-order valence-electron chi connectivity index (χ0n) is 9.75. The number of hydrogen-bond donors (Lipinski definition) is 0. The molecule has 0 saturated carbocycles. The van der Waals surface area contributed by atoms with Crippen molar-refractivity contribution in [3.05, 3.63) is 48.6 Å². The van der Waals surface area contributed by atoms with Crippen LogP contribution in [-0.2, 0) is 32.7 Å². The van der Waals surface area contributed by atoms with Crippen LogP contribution in [0.3, 0.4) is 0 Å². The molecule has 1 aliphatic rings. The van der Waals surface area contributed by atoms with E-state index in [9.17, 15) is 0 Å². The van der Waals surface area contributed by atoms with E-state index in [1.54, 1.807) is 6.08 Å². The van der Waals surface area contributed by atoms with Gasteiger partial charge >= 0.3 is 0 Å². The third-order valence-electron chi connectivity index (χ3n) is 1.14. The Hall–Kier alpha value is 0.0639. The van der Waals surface area contributed by atoms with Gasteiger partial charge in [-0.2, -0.15) is 11.6 Å². The van der Waals surface area contributed by atoms with Crippen LogP contribution in [0.25, 0.3) is 0 Å². The first-order valence-corrected chi connectivity index (χ1v) is 4.92. The van der Waals surface area contributed by atoms with Crippen LogP contribution in [0.15, 0.2) is 36.0 Å². The number of allylic oxidation sites excluding steroid dienone is 7. The predicted octanol–water partition coefficient (Wildman–Crippen LogP) is 4.27. The van der Waals surface area contributed by atoms with Crippen LogP contribution in [0, 0.1) is 12.7 Å². The zero-order valence-corrected chi connectivity index (χ0v) is 12.6. The minimum absolute atomic E-state index is 0. The van der Waals surface area contributed by atoms with Crippen molar-refractivity contribution in [3.63, 3.8) is 0 Å². The second-order valence-corrected chi connectivity index (χ2v) is 1.83. The molecule has 1 rings (SSSR count). The van der Waals surface area contributed by atoms with Gasteiger partial charge in [0.25, 0.3) is 0 Å². The molecule has 0 aromatic rings. The van der Waals surface area contributed by atoms with Gasteiger partial charge in [0, 0.05) is 32.7 Å². The summed E-state index contributed by atoms with van der Waals surface area (Å²) >= 11 is 0. The van der Waals surface area contributed by atoms with Gasteiger partial charge in [0.1, 0.15) is 0 Å². The van der Waals surface area contributed by atoms with Crippen LogP contribution >= 0.6 is 0 Å². The molecule has 0 atom stereocenters. The van der Waals surface area contributed by atoms with Gasteiger partial charge in [-0.25, -0.2) is 0 Å². The molecule has 0 fully saturated rings. The third kappa shape index (κ3) is 12.1. The molecule has 0 saturated heterocycles. The molecule has 1 aliphatic carbocycles. The van der Waals surface area contributed by atoms with E-state index >= 15 is 0 Å². The first-order chi connectivity index (χ1) is 6.43. The summed E-state index contributed by atoms with van der Waals surface area (Å²) in [5, 5.41) is 0. The molecular formula is C13H20Y-2. The van der Waals surface area contributed by atoms with E-state index in [1.807, 2.05) is 39.8 Å². The molecule has 77 valence electrons. The Morgan fingerprint density at radius 1 is 1.29 bits per heavy atom. The van der Waals surface area contributed by atoms with Gasteiger partial charge in [0.05, 0.1) is 0 Å². The molecule has 0 aromatic heterocycles. The van der Waals surface area contributed by atoms with E-state index in [1.165, 1.54) is 11.6 Å². The molecule has 1 radical (unpaired) electrons. The largest absolute Gasteiger partial charge is 0.361 e. The van der Waals surface area contributed by atoms with Gasteiger partial charge in [-0.05, 0) is 6.42 Å². The van der Waals surface area contributed by atoms with E-state index in [2.05, 4.69) is 12.2 Å². The first-order valence-electron chi connectivity index (χ1n) is 4.92. The maximum absolute atomic E-state index is 5.12. The van der Waals surface area contributed by atoms with Crippen LogP contribution in [0.5, 0.6) is 0 Å². The fraction of sp³-hybridized carbons (Fsp3) is 0.385. The van der Waals surface area contributed by atoms with E-state index in [4.69, 9.17) is 6.58 Å². The van der Waals surface area contributed by atoms with Crippen molar-refractivity contribution < 1.29 is 32.7 Å². The van der Waals surface area contributed by atoms with E-state index in [-0.39, 0.29) is 32.7 Å². The fourth-order valence-electron chi connectivity index (χ4n) is 0.709. The quantitative estimate of drug-likeness (QED) is 0.516. The van der Waals surface area contributed by atoms with Crippen LogP contribution in [0.1, 0.15) is 34.1 Å². The summed E-state index contributed by atoms with van der Waals surface area (Å²) in [5.74, 6) is 0. The van der Waals surface area contributed by atoms with E-state index in [0.29, 0.717) is 0 Å². The zero-order chi connectivity index (χ0) is 10.5. The van der Waals surface area contributed by atoms with Gasteiger partial charge in [0.15, 0.2) is 0 Å². The second kappa shape index (κ2) is 18.8. The molecule has 1 heteroatoms. The SMILES string of the molecule is CC.CC.[CH-]=CC=[C-]C1=CC=CC1.[Y]. The Labute approximate surface area is 115 Å². The van der Waals surface area contributed by atoms with Crippen LogP contribution in [-0.4, -0.2) is 0 Å². The number of hydrogen-bond acceptors (Lipinski definition) is 0. The summed E-state index contributed by atoms with van der Waals surface area (Å²) in [4.78, 5) is 0. The molecule has 0 aliphatic heterocycles. The van der Waals surface area contributed by atoms with Gasteiger partial charge < -0.3 is 18.7 Å². The summed E-state index contributed by atoms with van der Waals surface area (Å²) < 4.78 is 0. The average molecular weight is 265 g/mol. The number of rotatable bonds is 2. The summed E-state index contributed by atoms with van der Waals surface area (Å²) in [7, 11) is 0. The van der Waals surface area contributed by atoms with Crippen LogP contribution in [0.4, 0.5) is 0 Å². The molecule has 0 aromatic carbocycles. The topological polar surface area (TPSA) is 0 Å². The Morgan fingerprint density at radius 2 is 1.86 bits per heavy atom. The Kier molecular flexibility index (Phi) is 26.3. The van der Waals surface area contributed by atoms with Crippen molar-refractivity contribution in [2.45, 2.75) is 34.1 Å². The Bertz CT molecular complexity index is 185. The monoisotopic (exact) mass is 265 g/mol. The molecule has 0 bridgehead atoms. The maximum Gasteiger partial charge on any atom is 0 e. The molecule has 0 heterocycles. The third-order valence-corrected chi connectivity index (χ3v) is 1.14. The standard InChI is InChI=1S/C9H8.2C2H6.Y/c1-2-3-6-9-7-4-5-8-9;2*1-2;/h1-5,7H,8H2;2*1-2H3;/q-2;;;. The van der Waals surface area contributed by atoms with Gasteiger partial charge in [0.2, 0.25) is 0 Å². The van der Waals surface area contributed by atoms with Gasteiger partial charge in [-0.3, -0.25) is 6.08 Å². The fourth-order valence-corrected chi connectivity index (χ4v) is 0.709. The summed E-state index contributed by atoms with van der Waals surface area (Å²) in [5.41, 5.74) is 1.19. The first kappa shape index (κ1) is 19.6. The molecule has 14 heavy (non-hydrogen) atoms. The van der Waals surface area contributed by atoms with Crippen molar-refractivity contribution in [1.29, 1.82) is 0 Å². The smallest absolute Gasteiger partial charge is 0 e. The van der Waals surface area contributed by atoms with E-state index in [0.717, 1.165) is 6.42 Å². The van der Waals surface area contributed by atoms with E-state index < -0.39 is 0 Å². The van der Waals surface area contributed by atoms with Crippen molar-refractivity contribution in [2.24, 2.45) is 0 Å². The molecule has 0 spiro atoms. The average Bonchev–Trinajstić information content (AvgIpc) is 2.73. The van der Waals surface area contributed by atoms with Gasteiger partial charge in [-0.1, -0.05) is 33.8 Å². The van der Waals surface area contributed by atoms with Crippen molar-refractivity contribution in [2.75, 3.05) is 0 Å². The maximum atomic E-state index is 5.12. The van der Waals surface area contributed by atoms with Crippen LogP contribution < -0.4 is 0 Å². The summed E-state index contributed by atoms with van der Waals surface area (Å²) in [6.07, 6.45) is 13.4. The molecule has 0 N–H and O–H groups in total. The predicted molar refractivity (Wildman–Crippen MR) is 61.2 cm³/mol. The molecule has 0 unspecified atom stereocenters.